The van der Waals surface area contributed by atoms with Crippen LogP contribution in [-0.4, -0.2) is 28.4 Å². The molecule has 4 nitrogen and oxygen atoms in total. The minimum absolute atomic E-state index is 0.00528. The van der Waals surface area contributed by atoms with Crippen LogP contribution in [0.4, 0.5) is 0 Å². The molecular formula is C15H20N2O2. The molecule has 1 amide bonds. The zero-order valence-electron chi connectivity index (χ0n) is 11.1. The number of hydrogen-bond donors (Lipinski definition) is 1. The van der Waals surface area contributed by atoms with Gasteiger partial charge in [0.2, 0.25) is 5.56 Å². The van der Waals surface area contributed by atoms with E-state index in [1.165, 1.54) is 31.7 Å². The third kappa shape index (κ3) is 2.44. The van der Waals surface area contributed by atoms with Gasteiger partial charge in [0.05, 0.1) is 0 Å². The number of aromatic amines is 1. The lowest BCUT2D eigenvalue weighted by molar-refractivity contribution is 0.0385. The first kappa shape index (κ1) is 12.5. The van der Waals surface area contributed by atoms with Crippen molar-refractivity contribution in [3.05, 3.63) is 34.2 Å². The summed E-state index contributed by atoms with van der Waals surface area (Å²) in [5.41, 5.74) is 0.224. The maximum absolute atomic E-state index is 12.6. The third-order valence-electron chi connectivity index (χ3n) is 4.50. The molecule has 2 fully saturated rings. The molecule has 1 aliphatic carbocycles. The highest BCUT2D eigenvalue weighted by Crippen LogP contribution is 2.35. The largest absolute Gasteiger partial charge is 0.334 e. The fourth-order valence-corrected chi connectivity index (χ4v) is 3.60. The van der Waals surface area contributed by atoms with Gasteiger partial charge in [-0.2, -0.15) is 0 Å². The normalized spacial score (nSPS) is 26.8. The number of fused-ring (bicyclic) bond motifs is 1. The van der Waals surface area contributed by atoms with Gasteiger partial charge in [-0.25, -0.2) is 0 Å². The van der Waals surface area contributed by atoms with Crippen LogP contribution in [0.25, 0.3) is 0 Å². The summed E-state index contributed by atoms with van der Waals surface area (Å²) in [6, 6.07) is 5.18. The van der Waals surface area contributed by atoms with Crippen molar-refractivity contribution in [2.75, 3.05) is 6.54 Å². The zero-order chi connectivity index (χ0) is 13.2. The lowest BCUT2D eigenvalue weighted by Gasteiger charge is -2.44. The third-order valence-corrected chi connectivity index (χ3v) is 4.50. The molecule has 19 heavy (non-hydrogen) atoms. The van der Waals surface area contributed by atoms with Gasteiger partial charge in [-0.05, 0) is 37.7 Å². The summed E-state index contributed by atoms with van der Waals surface area (Å²) in [5, 5.41) is 0. The van der Waals surface area contributed by atoms with Crippen molar-refractivity contribution < 1.29 is 4.79 Å². The second-order valence-corrected chi connectivity index (χ2v) is 5.68. The van der Waals surface area contributed by atoms with Crippen molar-refractivity contribution in [2.45, 2.75) is 44.6 Å². The summed E-state index contributed by atoms with van der Waals surface area (Å²) >= 11 is 0. The van der Waals surface area contributed by atoms with Crippen LogP contribution in [0.5, 0.6) is 0 Å². The number of nitrogens with one attached hydrogen (secondary N) is 1. The molecule has 3 rings (SSSR count). The van der Waals surface area contributed by atoms with Crippen molar-refractivity contribution in [3.63, 3.8) is 0 Å². The molecule has 2 aliphatic rings. The average Bonchev–Trinajstić information content (AvgIpc) is 2.46. The number of aromatic nitrogens is 1. The number of nitrogens with zero attached hydrogens (tertiary/aromatic N) is 1. The molecule has 1 saturated carbocycles. The van der Waals surface area contributed by atoms with E-state index in [4.69, 9.17) is 0 Å². The van der Waals surface area contributed by atoms with Crippen molar-refractivity contribution in [2.24, 2.45) is 5.92 Å². The molecule has 0 radical (unpaired) electrons. The second kappa shape index (κ2) is 5.19. The summed E-state index contributed by atoms with van der Waals surface area (Å²) in [6.45, 7) is 0.830. The van der Waals surface area contributed by atoms with E-state index in [0.717, 1.165) is 19.4 Å². The van der Waals surface area contributed by atoms with E-state index in [2.05, 4.69) is 4.98 Å². The van der Waals surface area contributed by atoms with E-state index in [-0.39, 0.29) is 11.5 Å². The maximum atomic E-state index is 12.6. The Balaban J connectivity index is 1.83. The predicted octanol–water partition coefficient (Wildman–Crippen LogP) is 2.17. The van der Waals surface area contributed by atoms with Gasteiger partial charge in [0, 0.05) is 18.7 Å². The van der Waals surface area contributed by atoms with Crippen LogP contribution < -0.4 is 5.56 Å². The van der Waals surface area contributed by atoms with E-state index in [9.17, 15) is 9.59 Å². The van der Waals surface area contributed by atoms with Gasteiger partial charge in [-0.1, -0.05) is 18.9 Å². The fraction of sp³-hybridized carbons (Fsp3) is 0.600. The number of amides is 1. The topological polar surface area (TPSA) is 53.2 Å². The summed E-state index contributed by atoms with van der Waals surface area (Å²) in [4.78, 5) is 28.5. The number of piperidine rings is 1. The molecule has 1 aromatic rings. The zero-order valence-corrected chi connectivity index (χ0v) is 11.1. The van der Waals surface area contributed by atoms with Crippen molar-refractivity contribution in [1.29, 1.82) is 0 Å². The Hall–Kier alpha value is -1.58. The van der Waals surface area contributed by atoms with Crippen LogP contribution in [-0.2, 0) is 0 Å². The highest BCUT2D eigenvalue weighted by Gasteiger charge is 2.36. The minimum Gasteiger partial charge on any atom is -0.334 e. The fourth-order valence-electron chi connectivity index (χ4n) is 3.60. The summed E-state index contributed by atoms with van der Waals surface area (Å²) in [6.07, 6.45) is 7.22. The van der Waals surface area contributed by atoms with Gasteiger partial charge in [0.25, 0.3) is 5.91 Å². The van der Waals surface area contributed by atoms with Gasteiger partial charge in [0.1, 0.15) is 5.69 Å². The van der Waals surface area contributed by atoms with E-state index >= 15 is 0 Å². The molecule has 4 heteroatoms. The molecule has 102 valence electrons. The number of pyridine rings is 1. The van der Waals surface area contributed by atoms with Gasteiger partial charge in [-0.15, -0.1) is 0 Å². The van der Waals surface area contributed by atoms with E-state index in [1.54, 1.807) is 12.1 Å². The van der Waals surface area contributed by atoms with Gasteiger partial charge >= 0.3 is 0 Å². The number of likely N-dealkylation sites (tertiary alicyclic amines) is 1. The highest BCUT2D eigenvalue weighted by atomic mass is 16.2. The molecule has 1 aliphatic heterocycles. The summed E-state index contributed by atoms with van der Waals surface area (Å²) in [7, 11) is 0. The molecule has 0 aromatic carbocycles. The van der Waals surface area contributed by atoms with Crippen LogP contribution in [0.2, 0.25) is 0 Å². The van der Waals surface area contributed by atoms with E-state index < -0.39 is 0 Å². The molecule has 0 spiro atoms. The Kier molecular flexibility index (Phi) is 3.40. The quantitative estimate of drug-likeness (QED) is 0.841. The summed E-state index contributed by atoms with van der Waals surface area (Å²) < 4.78 is 0. The lowest BCUT2D eigenvalue weighted by atomic mass is 9.78. The first-order valence-electron chi connectivity index (χ1n) is 7.26. The van der Waals surface area contributed by atoms with Crippen LogP contribution in [0, 0.1) is 5.92 Å². The Morgan fingerprint density at radius 2 is 1.95 bits per heavy atom. The Morgan fingerprint density at radius 3 is 2.79 bits per heavy atom. The van der Waals surface area contributed by atoms with Crippen LogP contribution >= 0.6 is 0 Å². The molecule has 2 unspecified atom stereocenters. The summed E-state index contributed by atoms with van der Waals surface area (Å²) in [5.74, 6) is 0.663. The first-order chi connectivity index (χ1) is 9.25. The monoisotopic (exact) mass is 260 g/mol. The molecule has 1 saturated heterocycles. The Bertz CT molecular complexity index is 521. The van der Waals surface area contributed by atoms with Crippen LogP contribution in [0.15, 0.2) is 23.0 Å². The molecule has 2 atom stereocenters. The first-order valence-corrected chi connectivity index (χ1v) is 7.26. The molecule has 1 aromatic heterocycles. The van der Waals surface area contributed by atoms with Crippen molar-refractivity contribution in [1.82, 2.24) is 9.88 Å². The predicted molar refractivity (Wildman–Crippen MR) is 73.1 cm³/mol. The number of rotatable bonds is 1. The Labute approximate surface area is 112 Å². The number of H-pyrrole nitrogens is 1. The minimum atomic E-state index is -0.206. The maximum Gasteiger partial charge on any atom is 0.270 e. The number of carbonyl (C=O) groups excluding carboxylic acids is 1. The standard InChI is InChI=1S/C15H20N2O2/c18-14-9-3-7-12(16-14)15(19)17-10-4-6-11-5-1-2-8-13(11)17/h3,7,9,11,13H,1-2,4-6,8,10H2,(H,16,18). The molecule has 1 N–H and O–H groups in total. The van der Waals surface area contributed by atoms with Crippen LogP contribution in [0.3, 0.4) is 0 Å². The van der Waals surface area contributed by atoms with Crippen molar-refractivity contribution in [3.8, 4) is 0 Å². The van der Waals surface area contributed by atoms with E-state index in [0.29, 0.717) is 17.7 Å². The van der Waals surface area contributed by atoms with Gasteiger partial charge in [0.15, 0.2) is 0 Å². The van der Waals surface area contributed by atoms with E-state index in [1.807, 2.05) is 4.90 Å². The number of hydrogen-bond acceptors (Lipinski definition) is 2. The Morgan fingerprint density at radius 1 is 1.16 bits per heavy atom. The van der Waals surface area contributed by atoms with Crippen LogP contribution in [0.1, 0.15) is 49.0 Å². The number of carbonyl (C=O) groups is 1. The van der Waals surface area contributed by atoms with Gasteiger partial charge in [-0.3, -0.25) is 9.59 Å². The highest BCUT2D eigenvalue weighted by molar-refractivity contribution is 5.92. The SMILES string of the molecule is O=C(c1cccc(=O)[nH]1)N1CCCC2CCCCC21. The molecule has 2 heterocycles. The molecular weight excluding hydrogens is 240 g/mol. The smallest absolute Gasteiger partial charge is 0.270 e. The molecule has 0 bridgehead atoms. The van der Waals surface area contributed by atoms with Crippen molar-refractivity contribution >= 4 is 5.91 Å². The van der Waals surface area contributed by atoms with Gasteiger partial charge < -0.3 is 9.88 Å². The average molecular weight is 260 g/mol. The second-order valence-electron chi connectivity index (χ2n) is 5.68. The lowest BCUT2D eigenvalue weighted by Crippen LogP contribution is -2.50.